The van der Waals surface area contributed by atoms with Crippen LogP contribution in [0.15, 0.2) is 22.2 Å². The average molecular weight is 290 g/mol. The Kier molecular flexibility index (Phi) is 2.71. The number of fused-ring (bicyclic) bond motifs is 1. The zero-order chi connectivity index (χ0) is 11.0. The Bertz CT molecular complexity index is 468. The van der Waals surface area contributed by atoms with Crippen LogP contribution < -0.4 is 4.74 Å². The zero-order valence-electron chi connectivity index (χ0n) is 7.46. The molecule has 1 N–H and O–H groups in total. The van der Waals surface area contributed by atoms with Crippen LogP contribution in [-0.2, 0) is 4.79 Å². The minimum atomic E-state index is -0.975. The van der Waals surface area contributed by atoms with Crippen molar-refractivity contribution in [2.45, 2.75) is 0 Å². The highest BCUT2D eigenvalue weighted by molar-refractivity contribution is 9.10. The van der Waals surface area contributed by atoms with Crippen LogP contribution in [0.25, 0.3) is 6.08 Å². The molecule has 0 saturated carbocycles. The summed E-state index contributed by atoms with van der Waals surface area (Å²) in [6, 6.07) is 3.38. The van der Waals surface area contributed by atoms with Crippen LogP contribution in [0.5, 0.6) is 5.75 Å². The number of hydrogen-bond acceptors (Lipinski definition) is 2. The summed E-state index contributed by atoms with van der Waals surface area (Å²) >= 11 is 9.15. The van der Waals surface area contributed by atoms with Crippen LogP contribution in [-0.4, -0.2) is 17.7 Å². The van der Waals surface area contributed by atoms with Gasteiger partial charge < -0.3 is 9.84 Å². The molecule has 5 heteroatoms. The first kappa shape index (κ1) is 10.5. The van der Waals surface area contributed by atoms with Gasteiger partial charge >= 0.3 is 5.97 Å². The molecule has 1 aromatic carbocycles. The molecule has 0 atom stereocenters. The molecule has 1 aliphatic rings. The van der Waals surface area contributed by atoms with Crippen molar-refractivity contribution >= 4 is 39.6 Å². The van der Waals surface area contributed by atoms with E-state index in [4.69, 9.17) is 21.4 Å². The number of aliphatic carboxylic acids is 1. The van der Waals surface area contributed by atoms with Crippen molar-refractivity contribution in [2.24, 2.45) is 0 Å². The normalized spacial score (nSPS) is 13.9. The van der Waals surface area contributed by atoms with Crippen molar-refractivity contribution in [3.05, 3.63) is 32.8 Å². The van der Waals surface area contributed by atoms with Gasteiger partial charge in [-0.1, -0.05) is 11.6 Å². The van der Waals surface area contributed by atoms with Crippen LogP contribution in [0.1, 0.15) is 5.56 Å². The fraction of sp³-hybridized carbons (Fsp3) is 0.100. The summed E-state index contributed by atoms with van der Waals surface area (Å²) in [4.78, 5) is 10.7. The zero-order valence-corrected chi connectivity index (χ0v) is 9.80. The monoisotopic (exact) mass is 288 g/mol. The van der Waals surface area contributed by atoms with Crippen molar-refractivity contribution in [3.63, 3.8) is 0 Å². The lowest BCUT2D eigenvalue weighted by molar-refractivity contribution is -0.132. The Morgan fingerprint density at radius 1 is 1.53 bits per heavy atom. The number of carboxylic acid groups (broad SMARTS) is 1. The molecule has 1 aromatic rings. The molecular weight excluding hydrogens is 283 g/mol. The van der Waals surface area contributed by atoms with Gasteiger partial charge in [0.1, 0.15) is 12.4 Å². The van der Waals surface area contributed by atoms with Gasteiger partial charge in [0.25, 0.3) is 0 Å². The van der Waals surface area contributed by atoms with Crippen molar-refractivity contribution in [1.29, 1.82) is 0 Å². The molecule has 0 aliphatic carbocycles. The van der Waals surface area contributed by atoms with E-state index in [1.54, 1.807) is 18.2 Å². The fourth-order valence-corrected chi connectivity index (χ4v) is 2.29. The molecular formula is C10H6BrClO3. The lowest BCUT2D eigenvalue weighted by Crippen LogP contribution is -2.14. The van der Waals surface area contributed by atoms with E-state index >= 15 is 0 Å². The first-order chi connectivity index (χ1) is 7.08. The molecule has 0 saturated heterocycles. The number of hydrogen-bond donors (Lipinski definition) is 1. The largest absolute Gasteiger partial charge is 0.487 e. The molecule has 0 radical (unpaired) electrons. The Balaban J connectivity index is 2.54. The number of ether oxygens (including phenoxy) is 1. The molecule has 1 heterocycles. The maximum Gasteiger partial charge on any atom is 0.335 e. The Labute approximate surface area is 99.4 Å². The highest BCUT2D eigenvalue weighted by atomic mass is 79.9. The molecule has 3 nitrogen and oxygen atoms in total. The second-order valence-electron chi connectivity index (χ2n) is 3.07. The third-order valence-electron chi connectivity index (χ3n) is 2.01. The third-order valence-corrected chi connectivity index (χ3v) is 2.82. The van der Waals surface area contributed by atoms with Gasteiger partial charge in [-0.15, -0.1) is 0 Å². The van der Waals surface area contributed by atoms with Crippen LogP contribution in [0.4, 0.5) is 0 Å². The fourth-order valence-electron chi connectivity index (χ4n) is 1.34. The van der Waals surface area contributed by atoms with Crippen molar-refractivity contribution < 1.29 is 14.6 Å². The molecule has 1 aliphatic heterocycles. The number of halogens is 2. The van der Waals surface area contributed by atoms with Crippen molar-refractivity contribution in [3.8, 4) is 5.75 Å². The third kappa shape index (κ3) is 2.01. The van der Waals surface area contributed by atoms with E-state index in [1.165, 1.54) is 0 Å². The predicted octanol–water partition coefficient (Wildman–Crippen LogP) is 2.96. The molecule has 0 unspecified atom stereocenters. The summed E-state index contributed by atoms with van der Waals surface area (Å²) in [6.07, 6.45) is 1.57. The van der Waals surface area contributed by atoms with Crippen LogP contribution in [0, 0.1) is 0 Å². The van der Waals surface area contributed by atoms with Gasteiger partial charge in [-0.05, 0) is 34.1 Å². The second-order valence-corrected chi connectivity index (χ2v) is 4.36. The summed E-state index contributed by atoms with van der Waals surface area (Å²) in [5, 5.41) is 9.34. The Hall–Kier alpha value is -1.00. The quantitative estimate of drug-likeness (QED) is 0.864. The van der Waals surface area contributed by atoms with E-state index in [0.29, 0.717) is 16.3 Å². The minimum absolute atomic E-state index is 0.0720. The average Bonchev–Trinajstić information content (AvgIpc) is 2.16. The first-order valence-electron chi connectivity index (χ1n) is 4.13. The summed E-state index contributed by atoms with van der Waals surface area (Å²) in [7, 11) is 0. The van der Waals surface area contributed by atoms with E-state index in [0.717, 1.165) is 4.47 Å². The minimum Gasteiger partial charge on any atom is -0.487 e. The lowest BCUT2D eigenvalue weighted by Gasteiger charge is -2.17. The van der Waals surface area contributed by atoms with Crippen LogP contribution in [0.2, 0.25) is 5.02 Å². The van der Waals surface area contributed by atoms with Crippen LogP contribution >= 0.6 is 27.5 Å². The molecule has 15 heavy (non-hydrogen) atoms. The summed E-state index contributed by atoms with van der Waals surface area (Å²) in [5.41, 5.74) is 0.898. The first-order valence-corrected chi connectivity index (χ1v) is 5.31. The highest BCUT2D eigenvalue weighted by Gasteiger charge is 2.18. The van der Waals surface area contributed by atoms with E-state index < -0.39 is 5.97 Å². The molecule has 0 bridgehead atoms. The summed E-state index contributed by atoms with van der Waals surface area (Å²) < 4.78 is 6.06. The van der Waals surface area contributed by atoms with Crippen molar-refractivity contribution in [2.75, 3.05) is 6.61 Å². The topological polar surface area (TPSA) is 46.5 Å². The smallest absolute Gasteiger partial charge is 0.335 e. The molecule has 0 fully saturated rings. The van der Waals surface area contributed by atoms with Gasteiger partial charge in [-0.2, -0.15) is 0 Å². The van der Waals surface area contributed by atoms with Crippen LogP contribution in [0.3, 0.4) is 0 Å². The number of carboxylic acids is 1. The maximum atomic E-state index is 10.7. The van der Waals surface area contributed by atoms with Gasteiger partial charge in [0.2, 0.25) is 0 Å². The number of rotatable bonds is 1. The van der Waals surface area contributed by atoms with E-state index in [1.807, 2.05) is 0 Å². The lowest BCUT2D eigenvalue weighted by atomic mass is 10.1. The SMILES string of the molecule is O=C(O)C1=Cc2cc(Cl)cc(Br)c2OC1. The Morgan fingerprint density at radius 3 is 2.93 bits per heavy atom. The predicted molar refractivity (Wildman–Crippen MR) is 60.3 cm³/mol. The van der Waals surface area contributed by atoms with Gasteiger partial charge in [0, 0.05) is 10.6 Å². The second kappa shape index (κ2) is 3.87. The molecule has 0 aromatic heterocycles. The van der Waals surface area contributed by atoms with E-state index in [-0.39, 0.29) is 12.2 Å². The van der Waals surface area contributed by atoms with Crippen molar-refractivity contribution in [1.82, 2.24) is 0 Å². The summed E-state index contributed by atoms with van der Waals surface area (Å²) in [5.74, 6) is -0.346. The molecule has 2 rings (SSSR count). The Morgan fingerprint density at radius 2 is 2.27 bits per heavy atom. The van der Waals surface area contributed by atoms with E-state index in [2.05, 4.69) is 15.9 Å². The summed E-state index contributed by atoms with van der Waals surface area (Å²) in [6.45, 7) is 0.0720. The van der Waals surface area contributed by atoms with Gasteiger partial charge in [0.05, 0.1) is 10.0 Å². The molecule has 0 amide bonds. The maximum absolute atomic E-state index is 10.7. The van der Waals surface area contributed by atoms with Gasteiger partial charge in [-0.25, -0.2) is 4.79 Å². The van der Waals surface area contributed by atoms with E-state index in [9.17, 15) is 4.79 Å². The molecule has 78 valence electrons. The van der Waals surface area contributed by atoms with Gasteiger partial charge in [0.15, 0.2) is 0 Å². The number of benzene rings is 1. The highest BCUT2D eigenvalue weighted by Crippen LogP contribution is 2.36. The van der Waals surface area contributed by atoms with Gasteiger partial charge in [-0.3, -0.25) is 0 Å². The molecule has 0 spiro atoms. The standard InChI is InChI=1S/C10H6BrClO3/c11-8-3-7(12)2-5-1-6(10(13)14)4-15-9(5)8/h1-3H,4H2,(H,13,14). The number of carbonyl (C=O) groups is 1.